The molecule has 0 atom stereocenters. The molecule has 5 nitrogen and oxygen atoms in total. The van der Waals surface area contributed by atoms with E-state index in [1.807, 2.05) is 0 Å². The molecular weight excluding hydrogens is 239 g/mol. The van der Waals surface area contributed by atoms with Crippen LogP contribution >= 0.6 is 0 Å². The molecule has 100 valence electrons. The average molecular weight is 256 g/mol. The van der Waals surface area contributed by atoms with Crippen LogP contribution in [0.25, 0.3) is 0 Å². The number of carbonyl (C=O) groups is 1. The monoisotopic (exact) mass is 256 g/mol. The van der Waals surface area contributed by atoms with Crippen LogP contribution in [0.5, 0.6) is 0 Å². The Morgan fingerprint density at radius 1 is 1.39 bits per heavy atom. The number of rotatable bonds is 6. The topological polar surface area (TPSA) is 73.6 Å². The summed E-state index contributed by atoms with van der Waals surface area (Å²) in [4.78, 5) is 11.8. The van der Waals surface area contributed by atoms with Gasteiger partial charge < -0.3 is 20.5 Å². The van der Waals surface area contributed by atoms with Gasteiger partial charge in [-0.1, -0.05) is 0 Å². The predicted molar refractivity (Wildman–Crippen MR) is 66.5 cm³/mol. The molecular formula is C12H17FN2O3. The minimum Gasteiger partial charge on any atom is -0.397 e. The summed E-state index contributed by atoms with van der Waals surface area (Å²) in [6.45, 7) is 4.20. The average Bonchev–Trinajstić information content (AvgIpc) is 2.32. The SMILES string of the molecule is CCOC(OCC)C(=O)Nc1ccc(F)cc1N. The molecule has 0 aliphatic carbocycles. The second-order valence-corrected chi connectivity index (χ2v) is 3.46. The highest BCUT2D eigenvalue weighted by Crippen LogP contribution is 2.19. The van der Waals surface area contributed by atoms with E-state index in [0.29, 0.717) is 18.9 Å². The number of hydrogen-bond donors (Lipinski definition) is 2. The Bertz CT molecular complexity index is 406. The molecule has 0 radical (unpaired) electrons. The Balaban J connectivity index is 2.72. The van der Waals surface area contributed by atoms with E-state index in [1.54, 1.807) is 13.8 Å². The summed E-state index contributed by atoms with van der Waals surface area (Å²) in [7, 11) is 0. The summed E-state index contributed by atoms with van der Waals surface area (Å²) in [6, 6.07) is 3.73. The van der Waals surface area contributed by atoms with E-state index in [-0.39, 0.29) is 5.69 Å². The number of nitrogens with two attached hydrogens (primary N) is 1. The fourth-order valence-electron chi connectivity index (χ4n) is 1.34. The predicted octanol–water partition coefficient (Wildman–Crippen LogP) is 1.75. The van der Waals surface area contributed by atoms with E-state index < -0.39 is 18.0 Å². The molecule has 0 fully saturated rings. The molecule has 0 aliphatic heterocycles. The van der Waals surface area contributed by atoms with Gasteiger partial charge in [0, 0.05) is 13.2 Å². The first-order chi connectivity index (χ1) is 8.58. The molecule has 1 rings (SSSR count). The van der Waals surface area contributed by atoms with E-state index in [4.69, 9.17) is 15.2 Å². The molecule has 0 unspecified atom stereocenters. The lowest BCUT2D eigenvalue weighted by atomic mass is 10.2. The third-order valence-electron chi connectivity index (χ3n) is 2.12. The Hall–Kier alpha value is -1.66. The first-order valence-electron chi connectivity index (χ1n) is 5.67. The Kier molecular flexibility index (Phi) is 5.54. The molecule has 6 heteroatoms. The van der Waals surface area contributed by atoms with E-state index >= 15 is 0 Å². The minimum atomic E-state index is -0.996. The van der Waals surface area contributed by atoms with Crippen LogP contribution < -0.4 is 11.1 Å². The van der Waals surface area contributed by atoms with Crippen molar-refractivity contribution in [3.8, 4) is 0 Å². The van der Waals surface area contributed by atoms with Gasteiger partial charge in [0.25, 0.3) is 5.91 Å². The van der Waals surface area contributed by atoms with Crippen LogP contribution in [0.15, 0.2) is 18.2 Å². The first-order valence-corrected chi connectivity index (χ1v) is 5.67. The molecule has 1 aromatic carbocycles. The number of ether oxygens (including phenoxy) is 2. The van der Waals surface area contributed by atoms with Gasteiger partial charge in [-0.15, -0.1) is 0 Å². The van der Waals surface area contributed by atoms with Gasteiger partial charge in [-0.25, -0.2) is 4.39 Å². The number of hydrogen-bond acceptors (Lipinski definition) is 4. The Morgan fingerprint density at radius 3 is 2.50 bits per heavy atom. The van der Waals surface area contributed by atoms with Crippen molar-refractivity contribution in [3.63, 3.8) is 0 Å². The summed E-state index contributed by atoms with van der Waals surface area (Å²) in [5, 5.41) is 2.53. The molecule has 18 heavy (non-hydrogen) atoms. The molecule has 0 aromatic heterocycles. The highest BCUT2D eigenvalue weighted by Gasteiger charge is 2.19. The van der Waals surface area contributed by atoms with Crippen LogP contribution in [0.1, 0.15) is 13.8 Å². The van der Waals surface area contributed by atoms with Crippen LogP contribution in [0, 0.1) is 5.82 Å². The summed E-state index contributed by atoms with van der Waals surface area (Å²) in [5.41, 5.74) is 6.05. The van der Waals surface area contributed by atoms with Crippen molar-refractivity contribution in [2.45, 2.75) is 20.1 Å². The lowest BCUT2D eigenvalue weighted by Crippen LogP contribution is -2.33. The van der Waals surface area contributed by atoms with Gasteiger partial charge in [-0.3, -0.25) is 4.79 Å². The fraction of sp³-hybridized carbons (Fsp3) is 0.417. The number of nitrogens with one attached hydrogen (secondary N) is 1. The van der Waals surface area contributed by atoms with E-state index in [1.165, 1.54) is 12.1 Å². The quantitative estimate of drug-likeness (QED) is 0.600. The van der Waals surface area contributed by atoms with Gasteiger partial charge in [0.15, 0.2) is 0 Å². The fourth-order valence-corrected chi connectivity index (χ4v) is 1.34. The summed E-state index contributed by atoms with van der Waals surface area (Å²) in [5.74, 6) is -0.936. The molecule has 0 aliphatic rings. The van der Waals surface area contributed by atoms with Crippen molar-refractivity contribution in [1.29, 1.82) is 0 Å². The number of benzene rings is 1. The van der Waals surface area contributed by atoms with Crippen LogP contribution in [0.2, 0.25) is 0 Å². The second-order valence-electron chi connectivity index (χ2n) is 3.46. The highest BCUT2D eigenvalue weighted by atomic mass is 19.1. The zero-order valence-corrected chi connectivity index (χ0v) is 10.4. The van der Waals surface area contributed by atoms with Crippen molar-refractivity contribution >= 4 is 17.3 Å². The first kappa shape index (κ1) is 14.4. The van der Waals surface area contributed by atoms with Crippen LogP contribution in [-0.4, -0.2) is 25.4 Å². The largest absolute Gasteiger partial charge is 0.397 e. The third kappa shape index (κ3) is 3.97. The van der Waals surface area contributed by atoms with Gasteiger partial charge in [0.1, 0.15) is 5.82 Å². The molecule has 1 aromatic rings. The van der Waals surface area contributed by atoms with E-state index in [2.05, 4.69) is 5.32 Å². The zero-order valence-electron chi connectivity index (χ0n) is 10.4. The maximum Gasteiger partial charge on any atom is 0.281 e. The number of halogens is 1. The summed E-state index contributed by atoms with van der Waals surface area (Å²) in [6.07, 6.45) is -0.996. The van der Waals surface area contributed by atoms with Crippen molar-refractivity contribution in [3.05, 3.63) is 24.0 Å². The maximum atomic E-state index is 12.8. The van der Waals surface area contributed by atoms with Gasteiger partial charge in [-0.05, 0) is 32.0 Å². The number of carbonyl (C=O) groups excluding carboxylic acids is 1. The lowest BCUT2D eigenvalue weighted by molar-refractivity contribution is -0.164. The number of nitrogen functional groups attached to an aromatic ring is 1. The second kappa shape index (κ2) is 6.93. The van der Waals surface area contributed by atoms with Crippen molar-refractivity contribution in [2.75, 3.05) is 24.3 Å². The highest BCUT2D eigenvalue weighted by molar-refractivity contribution is 5.95. The smallest absolute Gasteiger partial charge is 0.281 e. The van der Waals surface area contributed by atoms with Gasteiger partial charge >= 0.3 is 0 Å². The molecule has 0 spiro atoms. The molecule has 1 amide bonds. The Morgan fingerprint density at radius 2 is 2.00 bits per heavy atom. The minimum absolute atomic E-state index is 0.148. The number of amides is 1. The standard InChI is InChI=1S/C12H17FN2O3/c1-3-17-12(18-4-2)11(16)15-10-6-5-8(13)7-9(10)14/h5-7,12H,3-4,14H2,1-2H3,(H,15,16). The third-order valence-corrected chi connectivity index (χ3v) is 2.12. The molecule has 0 heterocycles. The molecule has 0 bridgehead atoms. The lowest BCUT2D eigenvalue weighted by Gasteiger charge is -2.17. The van der Waals surface area contributed by atoms with E-state index in [0.717, 1.165) is 6.07 Å². The van der Waals surface area contributed by atoms with Crippen molar-refractivity contribution in [2.24, 2.45) is 0 Å². The Labute approximate surface area is 105 Å². The molecule has 0 saturated heterocycles. The van der Waals surface area contributed by atoms with E-state index in [9.17, 15) is 9.18 Å². The summed E-state index contributed by atoms with van der Waals surface area (Å²) >= 11 is 0. The normalized spacial score (nSPS) is 10.7. The van der Waals surface area contributed by atoms with Crippen LogP contribution in [0.3, 0.4) is 0 Å². The van der Waals surface area contributed by atoms with Crippen LogP contribution in [0.4, 0.5) is 15.8 Å². The maximum absolute atomic E-state index is 12.8. The van der Waals surface area contributed by atoms with Crippen LogP contribution in [-0.2, 0) is 14.3 Å². The van der Waals surface area contributed by atoms with Gasteiger partial charge in [0.05, 0.1) is 11.4 Å². The zero-order chi connectivity index (χ0) is 13.5. The number of anilines is 2. The molecule has 3 N–H and O–H groups in total. The van der Waals surface area contributed by atoms with Gasteiger partial charge in [-0.2, -0.15) is 0 Å². The van der Waals surface area contributed by atoms with Crippen molar-refractivity contribution in [1.82, 2.24) is 0 Å². The van der Waals surface area contributed by atoms with Gasteiger partial charge in [0.2, 0.25) is 6.29 Å². The van der Waals surface area contributed by atoms with Crippen molar-refractivity contribution < 1.29 is 18.7 Å². The summed E-state index contributed by atoms with van der Waals surface area (Å²) < 4.78 is 23.1. The molecule has 0 saturated carbocycles.